The van der Waals surface area contributed by atoms with Gasteiger partial charge < -0.3 is 9.94 Å². The summed E-state index contributed by atoms with van der Waals surface area (Å²) in [5.74, 6) is 0.847. The van der Waals surface area contributed by atoms with Crippen LogP contribution in [0.4, 0.5) is 0 Å². The monoisotopic (exact) mass is 255 g/mol. The summed E-state index contributed by atoms with van der Waals surface area (Å²) < 4.78 is 5.78. The highest BCUT2D eigenvalue weighted by atomic mass is 16.5. The van der Waals surface area contributed by atoms with E-state index in [0.717, 1.165) is 22.4 Å². The summed E-state index contributed by atoms with van der Waals surface area (Å²) in [6, 6.07) is 15.5. The molecule has 0 aromatic heterocycles. The van der Waals surface area contributed by atoms with Crippen LogP contribution in [0.5, 0.6) is 5.75 Å². The Bertz CT molecular complexity index is 556. The van der Waals surface area contributed by atoms with E-state index in [-0.39, 0.29) is 6.61 Å². The lowest BCUT2D eigenvalue weighted by molar-refractivity contribution is 0.307. The van der Waals surface area contributed by atoms with E-state index in [1.807, 2.05) is 62.4 Å². The molecule has 0 aliphatic carbocycles. The predicted molar refractivity (Wildman–Crippen MR) is 76.2 cm³/mol. The highest BCUT2D eigenvalue weighted by molar-refractivity contribution is 6.01. The molecule has 0 saturated carbocycles. The van der Waals surface area contributed by atoms with Gasteiger partial charge in [0, 0.05) is 5.56 Å². The van der Waals surface area contributed by atoms with Crippen molar-refractivity contribution in [2.75, 3.05) is 6.61 Å². The Morgan fingerprint density at radius 2 is 1.63 bits per heavy atom. The van der Waals surface area contributed by atoms with Crippen molar-refractivity contribution in [3.8, 4) is 5.75 Å². The van der Waals surface area contributed by atoms with E-state index in [9.17, 15) is 0 Å². The molecule has 3 nitrogen and oxygen atoms in total. The van der Waals surface area contributed by atoms with Gasteiger partial charge in [0.1, 0.15) is 18.1 Å². The number of nitrogens with zero attached hydrogens (tertiary/aromatic N) is 1. The normalized spacial score (nSPS) is 11.4. The lowest BCUT2D eigenvalue weighted by atomic mass is 10.1. The maximum absolute atomic E-state index is 9.10. The van der Waals surface area contributed by atoms with Gasteiger partial charge in [-0.3, -0.25) is 0 Å². The molecule has 0 amide bonds. The molecule has 0 unspecified atom stereocenters. The molecule has 19 heavy (non-hydrogen) atoms. The van der Waals surface area contributed by atoms with Crippen LogP contribution in [0.2, 0.25) is 0 Å². The number of ether oxygens (including phenoxy) is 1. The molecule has 2 rings (SSSR count). The van der Waals surface area contributed by atoms with Crippen molar-refractivity contribution in [1.29, 1.82) is 0 Å². The van der Waals surface area contributed by atoms with Gasteiger partial charge in [-0.1, -0.05) is 53.7 Å². The van der Waals surface area contributed by atoms with E-state index in [0.29, 0.717) is 5.71 Å². The van der Waals surface area contributed by atoms with Crippen molar-refractivity contribution in [3.63, 3.8) is 0 Å². The van der Waals surface area contributed by atoms with Crippen LogP contribution in [0.15, 0.2) is 53.7 Å². The van der Waals surface area contributed by atoms with Crippen molar-refractivity contribution >= 4 is 5.71 Å². The molecule has 2 aromatic carbocycles. The minimum absolute atomic E-state index is 0.242. The number of para-hydroxylation sites is 1. The third-order valence-electron chi connectivity index (χ3n) is 2.99. The van der Waals surface area contributed by atoms with Crippen molar-refractivity contribution in [3.05, 3.63) is 65.2 Å². The van der Waals surface area contributed by atoms with Crippen LogP contribution >= 0.6 is 0 Å². The lowest BCUT2D eigenvalue weighted by Gasteiger charge is -2.12. The molecule has 3 heteroatoms. The van der Waals surface area contributed by atoms with Crippen LogP contribution in [0.25, 0.3) is 0 Å². The lowest BCUT2D eigenvalue weighted by Crippen LogP contribution is -2.14. The quantitative estimate of drug-likeness (QED) is 0.515. The van der Waals surface area contributed by atoms with Crippen LogP contribution in [0.1, 0.15) is 16.7 Å². The first-order chi connectivity index (χ1) is 9.22. The molecule has 98 valence electrons. The molecule has 0 atom stereocenters. The number of aryl methyl sites for hydroxylation is 2. The molecular weight excluding hydrogens is 238 g/mol. The molecule has 0 bridgehead atoms. The second-order valence-electron chi connectivity index (χ2n) is 4.42. The van der Waals surface area contributed by atoms with Gasteiger partial charge in [-0.25, -0.2) is 0 Å². The Kier molecular flexibility index (Phi) is 4.18. The molecule has 1 N–H and O–H groups in total. The smallest absolute Gasteiger partial charge is 0.134 e. The van der Waals surface area contributed by atoms with E-state index in [4.69, 9.17) is 9.94 Å². The average molecular weight is 255 g/mol. The standard InChI is InChI=1S/C16H17NO2/c1-12-7-6-8-13(2)16(12)19-11-15(17-18)14-9-4-3-5-10-14/h3-10,18H,11H2,1-2H3/b17-15+. The Morgan fingerprint density at radius 1 is 1.00 bits per heavy atom. The molecule has 0 aliphatic rings. The van der Waals surface area contributed by atoms with E-state index in [1.165, 1.54) is 0 Å². The third kappa shape index (κ3) is 3.13. The molecule has 0 saturated heterocycles. The molecule has 0 heterocycles. The largest absolute Gasteiger partial charge is 0.487 e. The van der Waals surface area contributed by atoms with Gasteiger partial charge in [0.2, 0.25) is 0 Å². The van der Waals surface area contributed by atoms with E-state index >= 15 is 0 Å². The summed E-state index contributed by atoms with van der Waals surface area (Å²) in [7, 11) is 0. The summed E-state index contributed by atoms with van der Waals surface area (Å²) in [6.45, 7) is 4.24. The molecular formula is C16H17NO2. The van der Waals surface area contributed by atoms with Crippen LogP contribution in [-0.4, -0.2) is 17.5 Å². The number of rotatable bonds is 4. The van der Waals surface area contributed by atoms with Crippen molar-refractivity contribution in [2.24, 2.45) is 5.16 Å². The van der Waals surface area contributed by atoms with Gasteiger partial charge in [-0.2, -0.15) is 0 Å². The Labute approximate surface area is 113 Å². The number of oxime groups is 1. The zero-order valence-corrected chi connectivity index (χ0v) is 11.1. The van der Waals surface area contributed by atoms with Gasteiger partial charge >= 0.3 is 0 Å². The SMILES string of the molecule is Cc1cccc(C)c1OC/C(=N\O)c1ccccc1. The third-order valence-corrected chi connectivity index (χ3v) is 2.99. The minimum atomic E-state index is 0.242. The molecule has 0 spiro atoms. The topological polar surface area (TPSA) is 41.8 Å². The molecule has 2 aromatic rings. The maximum Gasteiger partial charge on any atom is 0.134 e. The number of hydrogen-bond donors (Lipinski definition) is 1. The van der Waals surface area contributed by atoms with E-state index in [1.54, 1.807) is 0 Å². The Hall–Kier alpha value is -2.29. The van der Waals surface area contributed by atoms with Crippen molar-refractivity contribution < 1.29 is 9.94 Å². The summed E-state index contributed by atoms with van der Waals surface area (Å²) in [4.78, 5) is 0. The van der Waals surface area contributed by atoms with Gasteiger partial charge in [0.25, 0.3) is 0 Å². The molecule has 0 fully saturated rings. The summed E-state index contributed by atoms with van der Waals surface area (Å²) in [5.41, 5.74) is 3.52. The highest BCUT2D eigenvalue weighted by Crippen LogP contribution is 2.22. The van der Waals surface area contributed by atoms with Crippen molar-refractivity contribution in [1.82, 2.24) is 0 Å². The zero-order chi connectivity index (χ0) is 13.7. The Morgan fingerprint density at radius 3 is 2.21 bits per heavy atom. The van der Waals surface area contributed by atoms with E-state index in [2.05, 4.69) is 5.16 Å². The molecule has 0 aliphatic heterocycles. The van der Waals surface area contributed by atoms with Gasteiger partial charge in [0.15, 0.2) is 0 Å². The predicted octanol–water partition coefficient (Wildman–Crippen LogP) is 3.56. The average Bonchev–Trinajstić information content (AvgIpc) is 2.43. The highest BCUT2D eigenvalue weighted by Gasteiger charge is 2.08. The van der Waals surface area contributed by atoms with Crippen LogP contribution in [0, 0.1) is 13.8 Å². The van der Waals surface area contributed by atoms with E-state index < -0.39 is 0 Å². The first-order valence-corrected chi connectivity index (χ1v) is 6.17. The van der Waals surface area contributed by atoms with Crippen LogP contribution < -0.4 is 4.74 Å². The van der Waals surface area contributed by atoms with Gasteiger partial charge in [0.05, 0.1) is 0 Å². The number of hydrogen-bond acceptors (Lipinski definition) is 3. The first kappa shape index (κ1) is 13.1. The Balaban J connectivity index is 2.14. The first-order valence-electron chi connectivity index (χ1n) is 6.17. The van der Waals surface area contributed by atoms with Crippen molar-refractivity contribution in [2.45, 2.75) is 13.8 Å². The fourth-order valence-corrected chi connectivity index (χ4v) is 1.97. The second kappa shape index (κ2) is 6.05. The van der Waals surface area contributed by atoms with Crippen LogP contribution in [0.3, 0.4) is 0 Å². The van der Waals surface area contributed by atoms with Gasteiger partial charge in [-0.15, -0.1) is 0 Å². The number of benzene rings is 2. The summed E-state index contributed by atoms with van der Waals surface area (Å²) in [5, 5.41) is 12.4. The summed E-state index contributed by atoms with van der Waals surface area (Å²) in [6.07, 6.45) is 0. The second-order valence-corrected chi connectivity index (χ2v) is 4.42. The maximum atomic E-state index is 9.10. The molecule has 0 radical (unpaired) electrons. The fraction of sp³-hybridized carbons (Fsp3) is 0.188. The summed E-state index contributed by atoms with van der Waals surface area (Å²) >= 11 is 0. The zero-order valence-electron chi connectivity index (χ0n) is 11.1. The fourth-order valence-electron chi connectivity index (χ4n) is 1.97. The minimum Gasteiger partial charge on any atom is -0.487 e. The van der Waals surface area contributed by atoms with Crippen LogP contribution in [-0.2, 0) is 0 Å². The van der Waals surface area contributed by atoms with Gasteiger partial charge in [-0.05, 0) is 25.0 Å².